The van der Waals surface area contributed by atoms with E-state index in [0.29, 0.717) is 13.1 Å². The van der Waals surface area contributed by atoms with Gasteiger partial charge >= 0.3 is 0 Å². The summed E-state index contributed by atoms with van der Waals surface area (Å²) in [6.07, 6.45) is 1.64. The molecule has 0 radical (unpaired) electrons. The quantitative estimate of drug-likeness (QED) is 0.424. The van der Waals surface area contributed by atoms with Crippen molar-refractivity contribution in [3.63, 3.8) is 0 Å². The zero-order valence-electron chi connectivity index (χ0n) is 15.7. The van der Waals surface area contributed by atoms with Crippen LogP contribution in [0.1, 0.15) is 28.4 Å². The average molecular weight is 401 g/mol. The van der Waals surface area contributed by atoms with Gasteiger partial charge in [-0.3, -0.25) is 4.79 Å². The van der Waals surface area contributed by atoms with E-state index in [-0.39, 0.29) is 5.91 Å². The Morgan fingerprint density at radius 2 is 1.62 bits per heavy atom. The number of ether oxygens (including phenoxy) is 1. The molecule has 1 aliphatic rings. The number of furan rings is 1. The number of hydrogen-bond donors (Lipinski definition) is 0. The highest BCUT2D eigenvalue weighted by molar-refractivity contribution is 7.07. The fourth-order valence-corrected chi connectivity index (χ4v) is 4.42. The second kappa shape index (κ2) is 7.60. The lowest BCUT2D eigenvalue weighted by Gasteiger charge is -2.31. The lowest BCUT2D eigenvalue weighted by atomic mass is 9.86. The molecule has 5 rings (SSSR count). The number of rotatable bonds is 5. The third-order valence-electron chi connectivity index (χ3n) is 5.12. The first-order valence-electron chi connectivity index (χ1n) is 9.47. The summed E-state index contributed by atoms with van der Waals surface area (Å²) < 4.78 is 11.6. The third kappa shape index (κ3) is 3.45. The number of amides is 1. The Bertz CT molecular complexity index is 1040. The van der Waals surface area contributed by atoms with Crippen LogP contribution in [0, 0.1) is 0 Å². The van der Waals surface area contributed by atoms with Crippen LogP contribution in [-0.4, -0.2) is 10.8 Å². The lowest BCUT2D eigenvalue weighted by molar-refractivity contribution is -0.133. The minimum Gasteiger partial charge on any atom is -0.467 e. The van der Waals surface area contributed by atoms with E-state index in [1.807, 2.05) is 70.9 Å². The van der Waals surface area contributed by atoms with Crippen molar-refractivity contribution in [3.05, 3.63) is 106 Å². The second-order valence-corrected chi connectivity index (χ2v) is 7.80. The molecule has 1 amide bonds. The zero-order chi connectivity index (χ0) is 19.6. The van der Waals surface area contributed by atoms with Gasteiger partial charge in [0.05, 0.1) is 18.7 Å². The van der Waals surface area contributed by atoms with Crippen LogP contribution in [-0.2, 0) is 17.9 Å². The first kappa shape index (κ1) is 17.8. The summed E-state index contributed by atoms with van der Waals surface area (Å²) in [5.41, 5.74) is 2.90. The highest BCUT2D eigenvalue weighted by atomic mass is 32.1. The van der Waals surface area contributed by atoms with Gasteiger partial charge in [0.15, 0.2) is 0 Å². The molecule has 0 spiro atoms. The first-order chi connectivity index (χ1) is 14.3. The van der Waals surface area contributed by atoms with E-state index in [0.717, 1.165) is 33.9 Å². The molecule has 0 bridgehead atoms. The van der Waals surface area contributed by atoms with Crippen molar-refractivity contribution in [1.29, 1.82) is 0 Å². The Balaban J connectivity index is 1.56. The van der Waals surface area contributed by atoms with Crippen molar-refractivity contribution in [2.45, 2.75) is 19.0 Å². The van der Waals surface area contributed by atoms with Gasteiger partial charge in [-0.15, -0.1) is 0 Å². The van der Waals surface area contributed by atoms with E-state index in [4.69, 9.17) is 9.15 Å². The third-order valence-corrected chi connectivity index (χ3v) is 5.85. The number of fused-ring (bicyclic) bond motifs is 2. The Kier molecular flexibility index (Phi) is 4.66. The van der Waals surface area contributed by atoms with Crippen LogP contribution in [0.3, 0.4) is 0 Å². The molecule has 0 fully saturated rings. The van der Waals surface area contributed by atoms with E-state index < -0.39 is 5.92 Å². The van der Waals surface area contributed by atoms with Gasteiger partial charge in [-0.05, 0) is 46.7 Å². The normalized spacial score (nSPS) is 12.7. The van der Waals surface area contributed by atoms with Gasteiger partial charge in [0.1, 0.15) is 17.3 Å². The number of benzene rings is 2. The zero-order valence-corrected chi connectivity index (χ0v) is 16.5. The number of hydrogen-bond acceptors (Lipinski definition) is 4. The van der Waals surface area contributed by atoms with Gasteiger partial charge in [0.2, 0.25) is 5.91 Å². The van der Waals surface area contributed by atoms with Crippen molar-refractivity contribution < 1.29 is 13.9 Å². The molecule has 0 unspecified atom stereocenters. The number of carbonyl (C=O) groups excluding carboxylic acids is 1. The summed E-state index contributed by atoms with van der Waals surface area (Å²) >= 11 is 1.63. The molecule has 29 heavy (non-hydrogen) atoms. The fraction of sp³-hybridized carbons (Fsp3) is 0.125. The first-order valence-corrected chi connectivity index (χ1v) is 10.4. The second-order valence-electron chi connectivity index (χ2n) is 7.02. The minimum atomic E-state index is -0.412. The van der Waals surface area contributed by atoms with Gasteiger partial charge < -0.3 is 14.1 Å². The molecule has 2 aromatic heterocycles. The average Bonchev–Trinajstić information content (AvgIpc) is 3.45. The summed E-state index contributed by atoms with van der Waals surface area (Å²) in [6.45, 7) is 0.952. The Morgan fingerprint density at radius 1 is 0.897 bits per heavy atom. The highest BCUT2D eigenvalue weighted by Gasteiger charge is 2.35. The van der Waals surface area contributed by atoms with E-state index in [1.165, 1.54) is 0 Å². The van der Waals surface area contributed by atoms with E-state index in [9.17, 15) is 4.79 Å². The smallest absolute Gasteiger partial charge is 0.235 e. The van der Waals surface area contributed by atoms with E-state index in [1.54, 1.807) is 17.6 Å². The van der Waals surface area contributed by atoms with Gasteiger partial charge in [0.25, 0.3) is 0 Å². The van der Waals surface area contributed by atoms with Crippen molar-refractivity contribution in [2.24, 2.45) is 0 Å². The van der Waals surface area contributed by atoms with Gasteiger partial charge in [-0.2, -0.15) is 11.3 Å². The van der Waals surface area contributed by atoms with Crippen LogP contribution in [0.4, 0.5) is 0 Å². The fourth-order valence-electron chi connectivity index (χ4n) is 3.76. The monoisotopic (exact) mass is 401 g/mol. The Morgan fingerprint density at radius 3 is 2.24 bits per heavy atom. The number of nitrogens with zero attached hydrogens (tertiary/aromatic N) is 1. The van der Waals surface area contributed by atoms with Gasteiger partial charge in [-0.1, -0.05) is 36.4 Å². The molecule has 0 N–H and O–H groups in total. The van der Waals surface area contributed by atoms with Crippen molar-refractivity contribution in [1.82, 2.24) is 4.90 Å². The molecule has 2 aromatic carbocycles. The summed E-state index contributed by atoms with van der Waals surface area (Å²) in [5, 5.41) is 4.11. The molecule has 3 heterocycles. The molecule has 144 valence electrons. The van der Waals surface area contributed by atoms with Gasteiger partial charge in [0, 0.05) is 17.7 Å². The molecule has 0 saturated heterocycles. The van der Waals surface area contributed by atoms with Crippen LogP contribution < -0.4 is 4.74 Å². The molecule has 0 aliphatic carbocycles. The van der Waals surface area contributed by atoms with Crippen molar-refractivity contribution in [3.8, 4) is 11.5 Å². The molecule has 4 nitrogen and oxygen atoms in total. The van der Waals surface area contributed by atoms with Crippen LogP contribution in [0.5, 0.6) is 11.5 Å². The minimum absolute atomic E-state index is 0.0378. The predicted molar refractivity (Wildman–Crippen MR) is 112 cm³/mol. The lowest BCUT2D eigenvalue weighted by Crippen LogP contribution is -2.35. The predicted octanol–water partition coefficient (Wildman–Crippen LogP) is 5.81. The Hall–Kier alpha value is -3.31. The Labute approximate surface area is 173 Å². The van der Waals surface area contributed by atoms with E-state index >= 15 is 0 Å². The molecular formula is C24H19NO3S. The maximum Gasteiger partial charge on any atom is 0.235 e. The maximum atomic E-state index is 13.9. The highest BCUT2D eigenvalue weighted by Crippen LogP contribution is 2.44. The summed E-state index contributed by atoms with van der Waals surface area (Å²) in [4.78, 5) is 15.8. The van der Waals surface area contributed by atoms with Crippen molar-refractivity contribution in [2.75, 3.05) is 0 Å². The standard InChI is InChI=1S/C24H19NO3S/c26-24(25(14-17-11-13-29-16-17)15-18-6-5-12-27-18)23-19-7-1-3-9-21(19)28-22-10-4-2-8-20(22)23/h1-13,16,23H,14-15H2. The molecule has 4 aromatic rings. The molecule has 0 atom stereocenters. The molecular weight excluding hydrogens is 382 g/mol. The number of para-hydroxylation sites is 2. The SMILES string of the molecule is O=C(C1c2ccccc2Oc2ccccc21)N(Cc1ccsc1)Cc1ccco1. The summed E-state index contributed by atoms with van der Waals surface area (Å²) in [6, 6.07) is 21.4. The maximum absolute atomic E-state index is 13.9. The van der Waals surface area contributed by atoms with Crippen LogP contribution in [0.15, 0.2) is 88.2 Å². The number of carbonyl (C=O) groups is 1. The van der Waals surface area contributed by atoms with E-state index in [2.05, 4.69) is 11.4 Å². The summed E-state index contributed by atoms with van der Waals surface area (Å²) in [7, 11) is 0. The summed E-state index contributed by atoms with van der Waals surface area (Å²) in [5.74, 6) is 1.86. The molecule has 1 aliphatic heterocycles. The molecule has 0 saturated carbocycles. The van der Waals surface area contributed by atoms with Gasteiger partial charge in [-0.25, -0.2) is 0 Å². The number of thiophene rings is 1. The van der Waals surface area contributed by atoms with Crippen molar-refractivity contribution >= 4 is 17.2 Å². The topological polar surface area (TPSA) is 42.7 Å². The molecule has 5 heteroatoms. The van der Waals surface area contributed by atoms with Crippen LogP contribution in [0.25, 0.3) is 0 Å². The largest absolute Gasteiger partial charge is 0.467 e. The van der Waals surface area contributed by atoms with Crippen LogP contribution >= 0.6 is 11.3 Å². The van der Waals surface area contributed by atoms with Crippen LogP contribution in [0.2, 0.25) is 0 Å².